The van der Waals surface area contributed by atoms with Gasteiger partial charge in [0.1, 0.15) is 12.4 Å². The minimum atomic E-state index is -0.824. The van der Waals surface area contributed by atoms with Gasteiger partial charge in [0.2, 0.25) is 0 Å². The molecule has 0 saturated carbocycles. The Bertz CT molecular complexity index is 362. The van der Waals surface area contributed by atoms with E-state index in [-0.39, 0.29) is 13.2 Å². The highest BCUT2D eigenvalue weighted by atomic mass is 35.5. The van der Waals surface area contributed by atoms with Gasteiger partial charge in [0.15, 0.2) is 0 Å². The van der Waals surface area contributed by atoms with Crippen molar-refractivity contribution in [1.82, 2.24) is 0 Å². The largest absolute Gasteiger partial charge is 0.490 e. The molecular weight excluding hydrogens is 240 g/mol. The van der Waals surface area contributed by atoms with Gasteiger partial charge in [0, 0.05) is 10.6 Å². The standard InChI is InChI=1S/C13H19ClO3/c1-3-13(16,4-2)9-17-12-7-5-6-11(14)10(12)8-15/h5-7,15-16H,3-4,8-9H2,1-2H3. The molecule has 3 nitrogen and oxygen atoms in total. The van der Waals surface area contributed by atoms with E-state index in [2.05, 4.69) is 0 Å². The topological polar surface area (TPSA) is 49.7 Å². The van der Waals surface area contributed by atoms with Gasteiger partial charge in [0.05, 0.1) is 12.2 Å². The zero-order chi connectivity index (χ0) is 12.9. The minimum absolute atomic E-state index is 0.175. The molecule has 0 fully saturated rings. The predicted octanol–water partition coefficient (Wildman–Crippen LogP) is 2.76. The highest BCUT2D eigenvalue weighted by Crippen LogP contribution is 2.27. The first-order valence-corrected chi connectivity index (χ1v) is 6.17. The Morgan fingerprint density at radius 2 is 1.94 bits per heavy atom. The Balaban J connectivity index is 2.79. The summed E-state index contributed by atoms with van der Waals surface area (Å²) in [7, 11) is 0. The molecule has 1 rings (SSSR count). The van der Waals surface area contributed by atoms with Gasteiger partial charge in [-0.05, 0) is 25.0 Å². The van der Waals surface area contributed by atoms with Crippen molar-refractivity contribution in [2.45, 2.75) is 38.9 Å². The molecule has 0 aromatic heterocycles. The second kappa shape index (κ2) is 6.24. The van der Waals surface area contributed by atoms with Gasteiger partial charge >= 0.3 is 0 Å². The van der Waals surface area contributed by atoms with Crippen molar-refractivity contribution >= 4 is 11.6 Å². The Morgan fingerprint density at radius 1 is 1.29 bits per heavy atom. The van der Waals surface area contributed by atoms with Crippen LogP contribution in [-0.4, -0.2) is 22.4 Å². The highest BCUT2D eigenvalue weighted by Gasteiger charge is 2.23. The van der Waals surface area contributed by atoms with E-state index in [1.807, 2.05) is 13.8 Å². The fourth-order valence-corrected chi connectivity index (χ4v) is 1.72. The maximum absolute atomic E-state index is 10.1. The fourth-order valence-electron chi connectivity index (χ4n) is 1.49. The smallest absolute Gasteiger partial charge is 0.126 e. The monoisotopic (exact) mass is 258 g/mol. The van der Waals surface area contributed by atoms with Crippen LogP contribution in [0.25, 0.3) is 0 Å². The molecule has 1 aromatic carbocycles. The second-order valence-electron chi connectivity index (χ2n) is 4.09. The maximum atomic E-state index is 10.1. The average molecular weight is 259 g/mol. The average Bonchev–Trinajstić information content (AvgIpc) is 2.36. The van der Waals surface area contributed by atoms with E-state index in [0.29, 0.717) is 29.2 Å². The Labute approximate surface area is 107 Å². The summed E-state index contributed by atoms with van der Waals surface area (Å²) in [6.07, 6.45) is 1.25. The molecule has 17 heavy (non-hydrogen) atoms. The van der Waals surface area contributed by atoms with Crippen LogP contribution >= 0.6 is 11.6 Å². The first-order valence-electron chi connectivity index (χ1n) is 5.79. The molecule has 0 saturated heterocycles. The summed E-state index contributed by atoms with van der Waals surface area (Å²) in [4.78, 5) is 0. The first kappa shape index (κ1) is 14.3. The molecule has 0 atom stereocenters. The molecule has 96 valence electrons. The Hall–Kier alpha value is -0.770. The van der Waals surface area contributed by atoms with Crippen molar-refractivity contribution in [3.05, 3.63) is 28.8 Å². The van der Waals surface area contributed by atoms with Gasteiger partial charge < -0.3 is 14.9 Å². The number of rotatable bonds is 6. The van der Waals surface area contributed by atoms with E-state index in [0.717, 1.165) is 0 Å². The SMILES string of the molecule is CCC(O)(CC)COc1cccc(Cl)c1CO. The third kappa shape index (κ3) is 3.60. The van der Waals surface area contributed by atoms with Crippen LogP contribution in [0.4, 0.5) is 0 Å². The van der Waals surface area contributed by atoms with Gasteiger partial charge in [-0.1, -0.05) is 31.5 Å². The lowest BCUT2D eigenvalue weighted by Crippen LogP contribution is -2.34. The quantitative estimate of drug-likeness (QED) is 0.825. The van der Waals surface area contributed by atoms with E-state index < -0.39 is 5.60 Å². The zero-order valence-corrected chi connectivity index (χ0v) is 11.0. The molecule has 0 amide bonds. The minimum Gasteiger partial charge on any atom is -0.490 e. The molecule has 0 bridgehead atoms. The van der Waals surface area contributed by atoms with Gasteiger partial charge in [-0.25, -0.2) is 0 Å². The van der Waals surface area contributed by atoms with Gasteiger partial charge in [-0.15, -0.1) is 0 Å². The van der Waals surface area contributed by atoms with Gasteiger partial charge in [0.25, 0.3) is 0 Å². The molecular formula is C13H19ClO3. The molecule has 4 heteroatoms. The molecule has 0 aliphatic rings. The van der Waals surface area contributed by atoms with Crippen LogP contribution in [0.2, 0.25) is 5.02 Å². The normalized spacial score (nSPS) is 11.6. The molecule has 0 radical (unpaired) electrons. The van der Waals surface area contributed by atoms with Crippen molar-refractivity contribution in [3.8, 4) is 5.75 Å². The molecule has 0 aliphatic heterocycles. The summed E-state index contributed by atoms with van der Waals surface area (Å²) < 4.78 is 5.56. The number of ether oxygens (including phenoxy) is 1. The van der Waals surface area contributed by atoms with Gasteiger partial charge in [-0.2, -0.15) is 0 Å². The van der Waals surface area contributed by atoms with Crippen molar-refractivity contribution in [2.24, 2.45) is 0 Å². The van der Waals surface area contributed by atoms with Crippen LogP contribution in [-0.2, 0) is 6.61 Å². The molecule has 0 spiro atoms. The third-order valence-corrected chi connectivity index (χ3v) is 3.40. The molecule has 0 heterocycles. The Kier molecular flexibility index (Phi) is 5.25. The van der Waals surface area contributed by atoms with Crippen molar-refractivity contribution in [1.29, 1.82) is 0 Å². The van der Waals surface area contributed by atoms with Crippen LogP contribution in [0, 0.1) is 0 Å². The lowest BCUT2D eigenvalue weighted by Gasteiger charge is -2.25. The van der Waals surface area contributed by atoms with E-state index in [4.69, 9.17) is 16.3 Å². The lowest BCUT2D eigenvalue weighted by molar-refractivity contribution is -0.0118. The summed E-state index contributed by atoms with van der Waals surface area (Å²) in [5, 5.41) is 19.8. The van der Waals surface area contributed by atoms with Crippen LogP contribution in [0.5, 0.6) is 5.75 Å². The third-order valence-electron chi connectivity index (χ3n) is 3.05. The van der Waals surface area contributed by atoms with Crippen molar-refractivity contribution in [2.75, 3.05) is 6.61 Å². The van der Waals surface area contributed by atoms with Crippen LogP contribution < -0.4 is 4.74 Å². The summed E-state index contributed by atoms with van der Waals surface area (Å²) in [5.74, 6) is 0.528. The fraction of sp³-hybridized carbons (Fsp3) is 0.538. The molecule has 0 aliphatic carbocycles. The summed E-state index contributed by atoms with van der Waals surface area (Å²) in [5.41, 5.74) is -0.265. The molecule has 1 aromatic rings. The maximum Gasteiger partial charge on any atom is 0.126 e. The summed E-state index contributed by atoms with van der Waals surface area (Å²) >= 11 is 5.94. The van der Waals surface area contributed by atoms with Crippen molar-refractivity contribution < 1.29 is 14.9 Å². The molecule has 0 unspecified atom stereocenters. The molecule has 2 N–H and O–H groups in total. The zero-order valence-electron chi connectivity index (χ0n) is 10.2. The van der Waals surface area contributed by atoms with Crippen molar-refractivity contribution in [3.63, 3.8) is 0 Å². The second-order valence-corrected chi connectivity index (χ2v) is 4.50. The van der Waals surface area contributed by atoms with E-state index in [9.17, 15) is 10.2 Å². The van der Waals surface area contributed by atoms with Crippen LogP contribution in [0.15, 0.2) is 18.2 Å². The number of halogens is 1. The number of benzene rings is 1. The van der Waals surface area contributed by atoms with Gasteiger partial charge in [-0.3, -0.25) is 0 Å². The summed E-state index contributed by atoms with van der Waals surface area (Å²) in [6, 6.07) is 5.20. The highest BCUT2D eigenvalue weighted by molar-refractivity contribution is 6.31. The van der Waals surface area contributed by atoms with Crippen LogP contribution in [0.3, 0.4) is 0 Å². The number of hydrogen-bond acceptors (Lipinski definition) is 3. The van der Waals surface area contributed by atoms with E-state index in [1.54, 1.807) is 18.2 Å². The number of aliphatic hydroxyl groups excluding tert-OH is 1. The predicted molar refractivity (Wildman–Crippen MR) is 68.4 cm³/mol. The number of hydrogen-bond donors (Lipinski definition) is 2. The summed E-state index contributed by atoms with van der Waals surface area (Å²) in [6.45, 7) is 3.86. The van der Waals surface area contributed by atoms with E-state index >= 15 is 0 Å². The van der Waals surface area contributed by atoms with Crippen LogP contribution in [0.1, 0.15) is 32.3 Å². The lowest BCUT2D eigenvalue weighted by atomic mass is 9.99. The first-order chi connectivity index (χ1) is 8.06. The van der Waals surface area contributed by atoms with E-state index in [1.165, 1.54) is 0 Å². The number of aliphatic hydroxyl groups is 2. The Morgan fingerprint density at radius 3 is 2.47 bits per heavy atom.